The third kappa shape index (κ3) is 5.92. The summed E-state index contributed by atoms with van der Waals surface area (Å²) in [4.78, 5) is 43.2. The molecule has 15 heteroatoms. The highest BCUT2D eigenvalue weighted by Crippen LogP contribution is 2.35. The molecule has 41 heavy (non-hydrogen) atoms. The molecule has 2 aliphatic heterocycles. The number of methoxy groups -OCH3 is 1. The van der Waals surface area contributed by atoms with E-state index >= 15 is 0 Å². The Morgan fingerprint density at radius 2 is 1.66 bits per heavy atom. The van der Waals surface area contributed by atoms with E-state index in [2.05, 4.69) is 4.99 Å². The Morgan fingerprint density at radius 1 is 1.00 bits per heavy atom. The molecule has 2 aromatic carbocycles. The molecule has 0 aliphatic carbocycles. The standard InChI is InChI=1S/C26H28N4O9S2/c1-3-37-26(33)28-8-10-29(11-9-28)41(34,35)18-6-4-17(5-7-18)24(32)27-25-30(16-23(31)36-2)19-14-20-21(15-22(19)40-25)39-13-12-38-20/h4-7,14-15H,3,8-13,16H2,1-2H3. The summed E-state index contributed by atoms with van der Waals surface area (Å²) in [6.07, 6.45) is -0.469. The van der Waals surface area contributed by atoms with E-state index < -0.39 is 28.0 Å². The zero-order chi connectivity index (χ0) is 29.1. The SMILES string of the molecule is CCOC(=O)N1CCN(S(=O)(=O)c2ccc(C(=O)N=c3sc4cc5c(cc4n3CC(=O)OC)OCCO5)cc2)CC1. The molecule has 0 unspecified atom stereocenters. The van der Waals surface area contributed by atoms with Gasteiger partial charge in [0.05, 0.1) is 28.8 Å². The van der Waals surface area contributed by atoms with E-state index in [1.165, 1.54) is 51.9 Å². The second-order valence-electron chi connectivity index (χ2n) is 9.04. The van der Waals surface area contributed by atoms with Crippen molar-refractivity contribution >= 4 is 49.5 Å². The number of hydrogen-bond donors (Lipinski definition) is 0. The van der Waals surface area contributed by atoms with Gasteiger partial charge in [0.2, 0.25) is 10.0 Å². The molecule has 1 aromatic heterocycles. The van der Waals surface area contributed by atoms with E-state index in [1.807, 2.05) is 0 Å². The lowest BCUT2D eigenvalue weighted by atomic mass is 10.2. The number of aromatic nitrogens is 1. The Bertz CT molecular complexity index is 1650. The molecule has 13 nitrogen and oxygen atoms in total. The van der Waals surface area contributed by atoms with Crippen molar-refractivity contribution in [3.8, 4) is 11.5 Å². The first-order chi connectivity index (χ1) is 19.7. The number of fused-ring (bicyclic) bond motifs is 2. The fourth-order valence-corrected chi connectivity index (χ4v) is 6.89. The van der Waals surface area contributed by atoms with Crippen molar-refractivity contribution in [3.05, 3.63) is 46.8 Å². The van der Waals surface area contributed by atoms with Gasteiger partial charge in [-0.05, 0) is 31.2 Å². The molecule has 2 amide bonds. The number of carbonyl (C=O) groups excluding carboxylic acids is 3. The lowest BCUT2D eigenvalue weighted by Crippen LogP contribution is -2.50. The van der Waals surface area contributed by atoms with Gasteiger partial charge in [-0.1, -0.05) is 11.3 Å². The van der Waals surface area contributed by atoms with Crippen LogP contribution in [0.5, 0.6) is 11.5 Å². The number of ether oxygens (including phenoxy) is 4. The molecule has 3 heterocycles. The van der Waals surface area contributed by atoms with Crippen LogP contribution < -0.4 is 14.3 Å². The number of rotatable bonds is 6. The van der Waals surface area contributed by atoms with Crippen LogP contribution in [0, 0.1) is 0 Å². The fourth-order valence-electron chi connectivity index (χ4n) is 4.43. The Labute approximate surface area is 239 Å². The van der Waals surface area contributed by atoms with Crippen LogP contribution in [0.2, 0.25) is 0 Å². The third-order valence-electron chi connectivity index (χ3n) is 6.56. The van der Waals surface area contributed by atoms with Crippen molar-refractivity contribution in [2.24, 2.45) is 4.99 Å². The average molecular weight is 605 g/mol. The number of carbonyl (C=O) groups is 3. The molecule has 0 radical (unpaired) electrons. The van der Waals surface area contributed by atoms with Gasteiger partial charge >= 0.3 is 12.1 Å². The summed E-state index contributed by atoms with van der Waals surface area (Å²) in [6.45, 7) is 3.27. The molecule has 5 rings (SSSR count). The summed E-state index contributed by atoms with van der Waals surface area (Å²) in [5.41, 5.74) is 0.796. The first-order valence-corrected chi connectivity index (χ1v) is 15.1. The smallest absolute Gasteiger partial charge is 0.409 e. The van der Waals surface area contributed by atoms with Gasteiger partial charge in [0.1, 0.15) is 19.8 Å². The quantitative estimate of drug-likeness (QED) is 0.385. The molecule has 2 aliphatic rings. The minimum Gasteiger partial charge on any atom is -0.486 e. The van der Waals surface area contributed by atoms with E-state index in [0.717, 1.165) is 4.70 Å². The summed E-state index contributed by atoms with van der Waals surface area (Å²) in [5, 5.41) is 0. The Balaban J connectivity index is 1.38. The van der Waals surface area contributed by atoms with Crippen molar-refractivity contribution in [2.75, 3.05) is 53.1 Å². The maximum atomic E-state index is 13.2. The third-order valence-corrected chi connectivity index (χ3v) is 9.52. The summed E-state index contributed by atoms with van der Waals surface area (Å²) in [7, 11) is -2.57. The molecule has 0 atom stereocenters. The summed E-state index contributed by atoms with van der Waals surface area (Å²) >= 11 is 1.20. The fraction of sp³-hybridized carbons (Fsp3) is 0.385. The van der Waals surface area contributed by atoms with Gasteiger partial charge in [-0.2, -0.15) is 9.30 Å². The van der Waals surface area contributed by atoms with Gasteiger partial charge in [-0.25, -0.2) is 13.2 Å². The molecule has 0 spiro atoms. The van der Waals surface area contributed by atoms with Crippen LogP contribution in [0.25, 0.3) is 10.2 Å². The van der Waals surface area contributed by atoms with Crippen LogP contribution in [-0.2, 0) is 30.8 Å². The molecular weight excluding hydrogens is 576 g/mol. The van der Waals surface area contributed by atoms with E-state index in [-0.39, 0.29) is 54.6 Å². The van der Waals surface area contributed by atoms with Gasteiger partial charge in [-0.3, -0.25) is 9.59 Å². The van der Waals surface area contributed by atoms with Crippen molar-refractivity contribution in [3.63, 3.8) is 0 Å². The zero-order valence-corrected chi connectivity index (χ0v) is 24.0. The number of piperazine rings is 1. The predicted octanol–water partition coefficient (Wildman–Crippen LogP) is 1.85. The van der Waals surface area contributed by atoms with Crippen molar-refractivity contribution in [1.82, 2.24) is 13.8 Å². The molecule has 1 saturated heterocycles. The number of hydrogen-bond acceptors (Lipinski definition) is 10. The predicted molar refractivity (Wildman–Crippen MR) is 147 cm³/mol. The summed E-state index contributed by atoms with van der Waals surface area (Å²) < 4.78 is 51.0. The average Bonchev–Trinajstić information content (AvgIpc) is 3.31. The summed E-state index contributed by atoms with van der Waals surface area (Å²) in [6, 6.07) is 9.01. The van der Waals surface area contributed by atoms with E-state index in [0.29, 0.717) is 30.2 Å². The minimum atomic E-state index is -3.84. The lowest BCUT2D eigenvalue weighted by Gasteiger charge is -2.33. The van der Waals surface area contributed by atoms with Crippen LogP contribution in [0.4, 0.5) is 4.79 Å². The maximum absolute atomic E-state index is 13.2. The number of esters is 1. The molecular formula is C26H28N4O9S2. The van der Waals surface area contributed by atoms with E-state index in [4.69, 9.17) is 18.9 Å². The maximum Gasteiger partial charge on any atom is 0.409 e. The van der Waals surface area contributed by atoms with Crippen molar-refractivity contribution in [1.29, 1.82) is 0 Å². The van der Waals surface area contributed by atoms with Gasteiger partial charge in [0.25, 0.3) is 5.91 Å². The Morgan fingerprint density at radius 3 is 2.29 bits per heavy atom. The number of thiazole rings is 1. The van der Waals surface area contributed by atoms with Gasteiger partial charge < -0.3 is 28.4 Å². The first-order valence-electron chi connectivity index (χ1n) is 12.8. The second kappa shape index (κ2) is 11.9. The first kappa shape index (κ1) is 28.6. The highest BCUT2D eigenvalue weighted by atomic mass is 32.2. The van der Waals surface area contributed by atoms with Crippen LogP contribution >= 0.6 is 11.3 Å². The Hall–Kier alpha value is -3.95. The molecule has 218 valence electrons. The lowest BCUT2D eigenvalue weighted by molar-refractivity contribution is -0.141. The molecule has 0 bridgehead atoms. The molecule has 0 N–H and O–H groups in total. The number of sulfonamides is 1. The largest absolute Gasteiger partial charge is 0.486 e. The number of nitrogens with zero attached hydrogens (tertiary/aromatic N) is 4. The summed E-state index contributed by atoms with van der Waals surface area (Å²) in [5.74, 6) is -0.0464. The van der Waals surface area contributed by atoms with Crippen LogP contribution in [0.1, 0.15) is 17.3 Å². The van der Waals surface area contributed by atoms with E-state index in [9.17, 15) is 22.8 Å². The van der Waals surface area contributed by atoms with Gasteiger partial charge in [-0.15, -0.1) is 0 Å². The minimum absolute atomic E-state index is 0.0202. The number of benzene rings is 2. The molecule has 3 aromatic rings. The van der Waals surface area contributed by atoms with Crippen LogP contribution in [0.3, 0.4) is 0 Å². The van der Waals surface area contributed by atoms with Crippen LogP contribution in [-0.4, -0.2) is 93.3 Å². The van der Waals surface area contributed by atoms with Crippen molar-refractivity contribution in [2.45, 2.75) is 18.4 Å². The highest BCUT2D eigenvalue weighted by Gasteiger charge is 2.30. The topological polar surface area (TPSA) is 146 Å². The van der Waals surface area contributed by atoms with Gasteiger partial charge in [0, 0.05) is 43.9 Å². The Kier molecular flexibility index (Phi) is 8.28. The second-order valence-corrected chi connectivity index (χ2v) is 12.0. The van der Waals surface area contributed by atoms with E-state index in [1.54, 1.807) is 23.6 Å². The normalized spacial score (nSPS) is 16.0. The van der Waals surface area contributed by atoms with Gasteiger partial charge in [0.15, 0.2) is 16.3 Å². The van der Waals surface area contributed by atoms with Crippen LogP contribution in [0.15, 0.2) is 46.3 Å². The number of amides is 2. The molecule has 1 fully saturated rings. The highest BCUT2D eigenvalue weighted by molar-refractivity contribution is 7.89. The van der Waals surface area contributed by atoms with Crippen molar-refractivity contribution < 1.29 is 41.7 Å². The zero-order valence-electron chi connectivity index (χ0n) is 22.4. The molecule has 0 saturated carbocycles. The monoisotopic (exact) mass is 604 g/mol.